The van der Waals surface area contributed by atoms with Gasteiger partial charge in [-0.3, -0.25) is 0 Å². The summed E-state index contributed by atoms with van der Waals surface area (Å²) in [6, 6.07) is 10.2. The van der Waals surface area contributed by atoms with E-state index in [1.807, 2.05) is 24.3 Å². The van der Waals surface area contributed by atoms with E-state index in [4.69, 9.17) is 14.2 Å². The van der Waals surface area contributed by atoms with Gasteiger partial charge in [0.1, 0.15) is 22.6 Å². The standard InChI is InChI=1S/C15H14BrFO3/c1-18-11-5-3-10(4-6-11)9-20-15-12(17)7-8-13(19-2)14(15)16/h3-8H,9H2,1-2H3. The van der Waals surface area contributed by atoms with Crippen LogP contribution in [-0.2, 0) is 6.61 Å². The predicted octanol–water partition coefficient (Wildman–Crippen LogP) is 4.18. The first-order valence-corrected chi connectivity index (χ1v) is 6.72. The summed E-state index contributed by atoms with van der Waals surface area (Å²) >= 11 is 3.28. The number of ether oxygens (including phenoxy) is 3. The van der Waals surface area contributed by atoms with Gasteiger partial charge in [-0.05, 0) is 45.8 Å². The summed E-state index contributed by atoms with van der Waals surface area (Å²) in [4.78, 5) is 0. The lowest BCUT2D eigenvalue weighted by Crippen LogP contribution is -1.99. The third-order valence-electron chi connectivity index (χ3n) is 2.78. The molecule has 2 rings (SSSR count). The van der Waals surface area contributed by atoms with Gasteiger partial charge in [0.25, 0.3) is 0 Å². The SMILES string of the molecule is COc1ccc(COc2c(F)ccc(OC)c2Br)cc1. The lowest BCUT2D eigenvalue weighted by Gasteiger charge is -2.12. The zero-order valence-corrected chi connectivity index (χ0v) is 12.7. The van der Waals surface area contributed by atoms with E-state index < -0.39 is 5.82 Å². The molecule has 0 radical (unpaired) electrons. The van der Waals surface area contributed by atoms with E-state index >= 15 is 0 Å². The highest BCUT2D eigenvalue weighted by molar-refractivity contribution is 9.10. The molecule has 0 spiro atoms. The van der Waals surface area contributed by atoms with E-state index in [2.05, 4.69) is 15.9 Å². The van der Waals surface area contributed by atoms with Crippen molar-refractivity contribution in [3.05, 3.63) is 52.3 Å². The smallest absolute Gasteiger partial charge is 0.173 e. The van der Waals surface area contributed by atoms with E-state index in [1.165, 1.54) is 13.2 Å². The largest absolute Gasteiger partial charge is 0.497 e. The van der Waals surface area contributed by atoms with E-state index in [9.17, 15) is 4.39 Å². The average molecular weight is 341 g/mol. The van der Waals surface area contributed by atoms with Gasteiger partial charge >= 0.3 is 0 Å². The molecular formula is C15H14BrFO3. The van der Waals surface area contributed by atoms with Crippen LogP contribution in [0, 0.1) is 5.82 Å². The first-order valence-electron chi connectivity index (χ1n) is 5.93. The first-order chi connectivity index (χ1) is 9.65. The second kappa shape index (κ2) is 6.61. The van der Waals surface area contributed by atoms with Crippen LogP contribution in [0.4, 0.5) is 4.39 Å². The molecule has 0 aliphatic rings. The van der Waals surface area contributed by atoms with Crippen molar-refractivity contribution in [1.82, 2.24) is 0 Å². The van der Waals surface area contributed by atoms with Crippen molar-refractivity contribution in [2.45, 2.75) is 6.61 Å². The van der Waals surface area contributed by atoms with Crippen molar-refractivity contribution in [3.8, 4) is 17.2 Å². The second-order valence-electron chi connectivity index (χ2n) is 4.03. The summed E-state index contributed by atoms with van der Waals surface area (Å²) < 4.78 is 29.9. The highest BCUT2D eigenvalue weighted by Gasteiger charge is 2.13. The van der Waals surface area contributed by atoms with Crippen LogP contribution in [-0.4, -0.2) is 14.2 Å². The minimum atomic E-state index is -0.439. The number of rotatable bonds is 5. The predicted molar refractivity (Wildman–Crippen MR) is 78.0 cm³/mol. The lowest BCUT2D eigenvalue weighted by atomic mass is 10.2. The molecule has 0 N–H and O–H groups in total. The fraction of sp³-hybridized carbons (Fsp3) is 0.200. The van der Waals surface area contributed by atoms with Gasteiger partial charge in [-0.1, -0.05) is 12.1 Å². The Kier molecular flexibility index (Phi) is 4.84. The molecule has 0 bridgehead atoms. The summed E-state index contributed by atoms with van der Waals surface area (Å²) in [5.41, 5.74) is 0.917. The summed E-state index contributed by atoms with van der Waals surface area (Å²) in [5, 5.41) is 0. The summed E-state index contributed by atoms with van der Waals surface area (Å²) in [6.45, 7) is 0.257. The molecule has 0 aliphatic carbocycles. The monoisotopic (exact) mass is 340 g/mol. The normalized spacial score (nSPS) is 10.2. The first kappa shape index (κ1) is 14.7. The minimum absolute atomic E-state index is 0.139. The summed E-state index contributed by atoms with van der Waals surface area (Å²) in [6.07, 6.45) is 0. The molecule has 2 aromatic rings. The maximum absolute atomic E-state index is 13.8. The number of halogens is 2. The molecule has 0 aliphatic heterocycles. The molecule has 0 fully saturated rings. The van der Waals surface area contributed by atoms with Gasteiger partial charge in [0, 0.05) is 0 Å². The van der Waals surface area contributed by atoms with Crippen molar-refractivity contribution in [1.29, 1.82) is 0 Å². The highest BCUT2D eigenvalue weighted by Crippen LogP contribution is 2.36. The van der Waals surface area contributed by atoms with E-state index in [-0.39, 0.29) is 12.4 Å². The quantitative estimate of drug-likeness (QED) is 0.816. The van der Waals surface area contributed by atoms with Crippen molar-refractivity contribution in [3.63, 3.8) is 0 Å². The van der Waals surface area contributed by atoms with Gasteiger partial charge < -0.3 is 14.2 Å². The number of methoxy groups -OCH3 is 2. The van der Waals surface area contributed by atoms with Gasteiger partial charge in [0.15, 0.2) is 11.6 Å². The molecular weight excluding hydrogens is 327 g/mol. The van der Waals surface area contributed by atoms with Gasteiger partial charge in [-0.25, -0.2) is 4.39 Å². The van der Waals surface area contributed by atoms with Crippen LogP contribution in [0.1, 0.15) is 5.56 Å². The van der Waals surface area contributed by atoms with Crippen LogP contribution >= 0.6 is 15.9 Å². The number of benzene rings is 2. The molecule has 0 saturated carbocycles. The van der Waals surface area contributed by atoms with Gasteiger partial charge in [-0.2, -0.15) is 0 Å². The molecule has 0 heterocycles. The Morgan fingerprint density at radius 1 is 1.00 bits per heavy atom. The number of hydrogen-bond acceptors (Lipinski definition) is 3. The molecule has 20 heavy (non-hydrogen) atoms. The number of hydrogen-bond donors (Lipinski definition) is 0. The molecule has 0 amide bonds. The van der Waals surface area contributed by atoms with Crippen LogP contribution in [0.2, 0.25) is 0 Å². The van der Waals surface area contributed by atoms with E-state index in [0.29, 0.717) is 10.2 Å². The fourth-order valence-electron chi connectivity index (χ4n) is 1.68. The van der Waals surface area contributed by atoms with Crippen LogP contribution in [0.5, 0.6) is 17.2 Å². The maximum Gasteiger partial charge on any atom is 0.173 e. The molecule has 3 nitrogen and oxygen atoms in total. The van der Waals surface area contributed by atoms with Crippen molar-refractivity contribution < 1.29 is 18.6 Å². The molecule has 0 aromatic heterocycles. The van der Waals surface area contributed by atoms with Crippen LogP contribution in [0.15, 0.2) is 40.9 Å². The Hall–Kier alpha value is -1.75. The molecule has 2 aromatic carbocycles. The Labute approximate surface area is 125 Å². The van der Waals surface area contributed by atoms with Crippen molar-refractivity contribution in [2.75, 3.05) is 14.2 Å². The molecule has 106 valence electrons. The summed E-state index contributed by atoms with van der Waals surface area (Å²) in [7, 11) is 3.12. The second-order valence-corrected chi connectivity index (χ2v) is 4.82. The molecule has 0 saturated heterocycles. The Balaban J connectivity index is 2.13. The Morgan fingerprint density at radius 3 is 2.30 bits per heavy atom. The van der Waals surface area contributed by atoms with Gasteiger partial charge in [0.05, 0.1) is 14.2 Å². The third kappa shape index (κ3) is 3.22. The van der Waals surface area contributed by atoms with Crippen LogP contribution < -0.4 is 14.2 Å². The van der Waals surface area contributed by atoms with Crippen LogP contribution in [0.25, 0.3) is 0 Å². The molecule has 0 atom stereocenters. The van der Waals surface area contributed by atoms with Crippen molar-refractivity contribution in [2.24, 2.45) is 0 Å². The zero-order chi connectivity index (χ0) is 14.5. The van der Waals surface area contributed by atoms with Gasteiger partial charge in [-0.15, -0.1) is 0 Å². The molecule has 0 unspecified atom stereocenters. The Bertz CT molecular complexity index is 584. The molecule has 5 heteroatoms. The topological polar surface area (TPSA) is 27.7 Å². The average Bonchev–Trinajstić information content (AvgIpc) is 2.48. The third-order valence-corrected chi connectivity index (χ3v) is 3.53. The highest BCUT2D eigenvalue weighted by atomic mass is 79.9. The Morgan fingerprint density at radius 2 is 1.70 bits per heavy atom. The van der Waals surface area contributed by atoms with Crippen LogP contribution in [0.3, 0.4) is 0 Å². The van der Waals surface area contributed by atoms with E-state index in [0.717, 1.165) is 11.3 Å². The zero-order valence-electron chi connectivity index (χ0n) is 11.2. The minimum Gasteiger partial charge on any atom is -0.497 e. The van der Waals surface area contributed by atoms with Crippen molar-refractivity contribution >= 4 is 15.9 Å². The van der Waals surface area contributed by atoms with Gasteiger partial charge in [0.2, 0.25) is 0 Å². The lowest BCUT2D eigenvalue weighted by molar-refractivity contribution is 0.285. The maximum atomic E-state index is 13.8. The fourth-order valence-corrected chi connectivity index (χ4v) is 2.28. The summed E-state index contributed by atoms with van der Waals surface area (Å²) in [5.74, 6) is 0.991. The van der Waals surface area contributed by atoms with E-state index in [1.54, 1.807) is 13.2 Å².